The van der Waals surface area contributed by atoms with Crippen molar-refractivity contribution in [2.75, 3.05) is 11.9 Å². The number of thiazole rings is 1. The number of aromatic nitrogens is 1. The maximum atomic E-state index is 12.5. The van der Waals surface area contributed by atoms with Crippen LogP contribution in [0.15, 0.2) is 42.5 Å². The number of nitrogens with one attached hydrogen (secondary N) is 1. The number of amides is 1. The molecule has 0 spiro atoms. The summed E-state index contributed by atoms with van der Waals surface area (Å²) in [5, 5.41) is 4.45. The van der Waals surface area contributed by atoms with Crippen LogP contribution >= 0.6 is 34.5 Å². The van der Waals surface area contributed by atoms with Crippen molar-refractivity contribution in [1.29, 1.82) is 0 Å². The monoisotopic (exact) mass is 420 g/mol. The average molecular weight is 421 g/mol. The van der Waals surface area contributed by atoms with Gasteiger partial charge in [-0.05, 0) is 55.8 Å². The van der Waals surface area contributed by atoms with Gasteiger partial charge in [0.2, 0.25) is 0 Å². The average Bonchev–Trinajstić information content (AvgIpc) is 3.00. The van der Waals surface area contributed by atoms with E-state index < -0.39 is 0 Å². The zero-order valence-electron chi connectivity index (χ0n) is 14.9. The van der Waals surface area contributed by atoms with E-state index >= 15 is 0 Å². The third kappa shape index (κ3) is 4.80. The molecule has 0 atom stereocenters. The van der Waals surface area contributed by atoms with Gasteiger partial charge in [-0.15, -0.1) is 11.3 Å². The van der Waals surface area contributed by atoms with Crippen molar-refractivity contribution in [3.63, 3.8) is 0 Å². The molecule has 0 aliphatic carbocycles. The molecular formula is C20H18Cl2N2O2S. The minimum atomic E-state index is -0.223. The second kappa shape index (κ2) is 8.74. The summed E-state index contributed by atoms with van der Waals surface area (Å²) in [7, 11) is 0. The van der Waals surface area contributed by atoms with Crippen molar-refractivity contribution in [3.8, 4) is 17.0 Å². The largest absolute Gasteiger partial charge is 0.494 e. The van der Waals surface area contributed by atoms with Crippen LogP contribution in [0.4, 0.5) is 5.13 Å². The number of benzene rings is 2. The van der Waals surface area contributed by atoms with Gasteiger partial charge in [0.25, 0.3) is 5.91 Å². The Hall–Kier alpha value is -2.08. The highest BCUT2D eigenvalue weighted by atomic mass is 35.5. The van der Waals surface area contributed by atoms with E-state index in [1.165, 1.54) is 11.3 Å². The maximum absolute atomic E-state index is 12.5. The molecule has 27 heavy (non-hydrogen) atoms. The van der Waals surface area contributed by atoms with Crippen LogP contribution in [-0.4, -0.2) is 17.5 Å². The standard InChI is InChI=1S/C20H18Cl2N2O2S/c1-3-10-26-15-7-4-13(5-8-15)19(25)24-20-23-18(12(2)27-20)16-9-6-14(21)11-17(16)22/h4-9,11H,3,10H2,1-2H3,(H,23,24,25). The fraction of sp³-hybridized carbons (Fsp3) is 0.200. The normalized spacial score (nSPS) is 10.7. The predicted molar refractivity (Wildman–Crippen MR) is 112 cm³/mol. The first-order valence-electron chi connectivity index (χ1n) is 8.45. The molecule has 0 aliphatic rings. The van der Waals surface area contributed by atoms with E-state index in [1.54, 1.807) is 36.4 Å². The molecule has 1 amide bonds. The van der Waals surface area contributed by atoms with Crippen molar-refractivity contribution in [2.45, 2.75) is 20.3 Å². The molecule has 1 N–H and O–H groups in total. The lowest BCUT2D eigenvalue weighted by Gasteiger charge is -2.06. The van der Waals surface area contributed by atoms with Crippen LogP contribution in [-0.2, 0) is 0 Å². The van der Waals surface area contributed by atoms with Crippen LogP contribution in [0.1, 0.15) is 28.6 Å². The van der Waals surface area contributed by atoms with E-state index in [0.717, 1.165) is 28.3 Å². The van der Waals surface area contributed by atoms with E-state index in [0.29, 0.717) is 27.3 Å². The summed E-state index contributed by atoms with van der Waals surface area (Å²) in [5.41, 5.74) is 2.06. The van der Waals surface area contributed by atoms with Gasteiger partial charge in [-0.3, -0.25) is 10.1 Å². The zero-order chi connectivity index (χ0) is 19.4. The van der Waals surface area contributed by atoms with Gasteiger partial charge in [0.1, 0.15) is 5.75 Å². The molecule has 0 saturated carbocycles. The molecule has 2 aromatic carbocycles. The van der Waals surface area contributed by atoms with Gasteiger partial charge in [-0.1, -0.05) is 30.1 Å². The lowest BCUT2D eigenvalue weighted by molar-refractivity contribution is 0.102. The highest BCUT2D eigenvalue weighted by Crippen LogP contribution is 2.35. The topological polar surface area (TPSA) is 51.2 Å². The lowest BCUT2D eigenvalue weighted by Crippen LogP contribution is -2.11. The molecule has 0 bridgehead atoms. The van der Waals surface area contributed by atoms with Gasteiger partial charge >= 0.3 is 0 Å². The molecular weight excluding hydrogens is 403 g/mol. The summed E-state index contributed by atoms with van der Waals surface area (Å²) >= 11 is 13.6. The number of ether oxygens (including phenoxy) is 1. The predicted octanol–water partition coefficient (Wildman–Crippen LogP) is 6.47. The Kier molecular flexibility index (Phi) is 6.37. The molecule has 4 nitrogen and oxygen atoms in total. The first kappa shape index (κ1) is 19.7. The second-order valence-electron chi connectivity index (χ2n) is 5.87. The Morgan fingerprint density at radius 1 is 1.19 bits per heavy atom. The molecule has 7 heteroatoms. The van der Waals surface area contributed by atoms with Crippen molar-refractivity contribution in [2.24, 2.45) is 0 Å². The quantitative estimate of drug-likeness (QED) is 0.497. The van der Waals surface area contributed by atoms with Crippen molar-refractivity contribution >= 4 is 45.6 Å². The second-order valence-corrected chi connectivity index (χ2v) is 7.92. The SMILES string of the molecule is CCCOc1ccc(C(=O)Nc2nc(-c3ccc(Cl)cc3Cl)c(C)s2)cc1. The van der Waals surface area contributed by atoms with Crippen LogP contribution in [0.5, 0.6) is 5.75 Å². The number of aryl methyl sites for hydroxylation is 1. The molecule has 0 radical (unpaired) electrons. The van der Waals surface area contributed by atoms with Gasteiger partial charge in [0.15, 0.2) is 5.13 Å². The summed E-state index contributed by atoms with van der Waals surface area (Å²) in [5.74, 6) is 0.526. The van der Waals surface area contributed by atoms with Crippen LogP contribution in [0.3, 0.4) is 0 Å². The molecule has 140 valence electrons. The molecule has 1 aromatic heterocycles. The number of carbonyl (C=O) groups is 1. The van der Waals surface area contributed by atoms with E-state index in [9.17, 15) is 4.79 Å². The molecule has 0 saturated heterocycles. The maximum Gasteiger partial charge on any atom is 0.257 e. The number of carbonyl (C=O) groups excluding carboxylic acids is 1. The van der Waals surface area contributed by atoms with Crippen LogP contribution in [0, 0.1) is 6.92 Å². The number of hydrogen-bond donors (Lipinski definition) is 1. The fourth-order valence-electron chi connectivity index (χ4n) is 2.47. The highest BCUT2D eigenvalue weighted by Gasteiger charge is 2.15. The first-order valence-corrected chi connectivity index (χ1v) is 10.0. The van der Waals surface area contributed by atoms with Crippen LogP contribution < -0.4 is 10.1 Å². The minimum absolute atomic E-state index is 0.223. The molecule has 0 unspecified atom stereocenters. The van der Waals surface area contributed by atoms with Gasteiger partial charge in [0.05, 0.1) is 17.3 Å². The van der Waals surface area contributed by atoms with E-state index in [4.69, 9.17) is 27.9 Å². The Labute approximate surface area is 172 Å². The molecule has 0 fully saturated rings. The van der Waals surface area contributed by atoms with E-state index in [1.807, 2.05) is 19.9 Å². The summed E-state index contributed by atoms with van der Waals surface area (Å²) < 4.78 is 5.53. The summed E-state index contributed by atoms with van der Waals surface area (Å²) in [4.78, 5) is 18.0. The first-order chi connectivity index (χ1) is 13.0. The smallest absolute Gasteiger partial charge is 0.257 e. The molecule has 3 rings (SSSR count). The van der Waals surface area contributed by atoms with Crippen molar-refractivity contribution in [3.05, 3.63) is 63.0 Å². The number of halogens is 2. The van der Waals surface area contributed by atoms with Gasteiger partial charge in [0, 0.05) is 21.0 Å². The molecule has 0 aliphatic heterocycles. The number of hydrogen-bond acceptors (Lipinski definition) is 4. The Balaban J connectivity index is 1.75. The van der Waals surface area contributed by atoms with E-state index in [2.05, 4.69) is 10.3 Å². The minimum Gasteiger partial charge on any atom is -0.494 e. The number of nitrogens with zero attached hydrogens (tertiary/aromatic N) is 1. The zero-order valence-corrected chi connectivity index (χ0v) is 17.2. The van der Waals surface area contributed by atoms with Crippen molar-refractivity contribution in [1.82, 2.24) is 4.98 Å². The molecule has 1 heterocycles. The third-order valence-corrected chi connectivity index (χ3v) is 5.23. The highest BCUT2D eigenvalue weighted by molar-refractivity contribution is 7.16. The van der Waals surface area contributed by atoms with Crippen molar-refractivity contribution < 1.29 is 9.53 Å². The Morgan fingerprint density at radius 2 is 1.93 bits per heavy atom. The number of rotatable bonds is 6. The summed E-state index contributed by atoms with van der Waals surface area (Å²) in [6.45, 7) is 4.64. The van der Waals surface area contributed by atoms with Gasteiger partial charge in [-0.25, -0.2) is 4.98 Å². The van der Waals surface area contributed by atoms with Crippen LogP contribution in [0.25, 0.3) is 11.3 Å². The summed E-state index contributed by atoms with van der Waals surface area (Å²) in [6.07, 6.45) is 0.936. The Morgan fingerprint density at radius 3 is 2.59 bits per heavy atom. The Bertz CT molecular complexity index is 955. The number of anilines is 1. The van der Waals surface area contributed by atoms with Crippen LogP contribution in [0.2, 0.25) is 10.0 Å². The third-order valence-electron chi connectivity index (χ3n) is 3.79. The molecule has 3 aromatic rings. The van der Waals surface area contributed by atoms with Gasteiger partial charge in [-0.2, -0.15) is 0 Å². The summed E-state index contributed by atoms with van der Waals surface area (Å²) in [6, 6.07) is 12.3. The van der Waals surface area contributed by atoms with E-state index in [-0.39, 0.29) is 5.91 Å². The van der Waals surface area contributed by atoms with Gasteiger partial charge < -0.3 is 4.74 Å². The lowest BCUT2D eigenvalue weighted by atomic mass is 10.1. The fourth-order valence-corrected chi connectivity index (χ4v) is 3.79.